The van der Waals surface area contributed by atoms with Crippen molar-refractivity contribution in [2.24, 2.45) is 5.92 Å². The van der Waals surface area contributed by atoms with Crippen molar-refractivity contribution in [1.82, 2.24) is 4.90 Å². The predicted molar refractivity (Wildman–Crippen MR) is 110 cm³/mol. The van der Waals surface area contributed by atoms with E-state index >= 15 is 0 Å². The molecule has 152 valence electrons. The summed E-state index contributed by atoms with van der Waals surface area (Å²) in [6.45, 7) is 3.24. The maximum atomic E-state index is 12.8. The molecule has 1 N–H and O–H groups in total. The van der Waals surface area contributed by atoms with Crippen LogP contribution in [0.4, 0.5) is 5.69 Å². The van der Waals surface area contributed by atoms with Crippen LogP contribution in [0.25, 0.3) is 0 Å². The van der Waals surface area contributed by atoms with Crippen molar-refractivity contribution in [3.05, 3.63) is 53.6 Å². The normalized spacial score (nSPS) is 18.5. The molecular weight excluding hydrogens is 368 g/mol. The fourth-order valence-corrected chi connectivity index (χ4v) is 3.64. The minimum atomic E-state index is -0.455. The number of ether oxygens (including phenoxy) is 2. The average Bonchev–Trinajstić information content (AvgIpc) is 3.57. The van der Waals surface area contributed by atoms with Crippen molar-refractivity contribution in [3.63, 3.8) is 0 Å². The van der Waals surface area contributed by atoms with Crippen LogP contribution in [0, 0.1) is 5.92 Å². The van der Waals surface area contributed by atoms with Gasteiger partial charge in [-0.25, -0.2) is 0 Å². The number of benzene rings is 2. The van der Waals surface area contributed by atoms with Crippen LogP contribution < -0.4 is 14.8 Å². The number of anilines is 1. The summed E-state index contributed by atoms with van der Waals surface area (Å²) in [4.78, 5) is 27.5. The van der Waals surface area contributed by atoms with Gasteiger partial charge in [-0.15, -0.1) is 0 Å². The molecule has 1 heterocycles. The van der Waals surface area contributed by atoms with Gasteiger partial charge in [0.2, 0.25) is 0 Å². The summed E-state index contributed by atoms with van der Waals surface area (Å²) < 4.78 is 11.3. The molecule has 2 aliphatic rings. The Labute approximate surface area is 170 Å². The van der Waals surface area contributed by atoms with Crippen molar-refractivity contribution in [2.45, 2.75) is 38.8 Å². The number of methoxy groups -OCH3 is 1. The lowest BCUT2D eigenvalue weighted by Gasteiger charge is -2.23. The first-order valence-corrected chi connectivity index (χ1v) is 10.1. The molecule has 6 nitrogen and oxygen atoms in total. The molecule has 1 aliphatic carbocycles. The molecule has 1 unspecified atom stereocenters. The fourth-order valence-electron chi connectivity index (χ4n) is 3.64. The highest BCUT2D eigenvalue weighted by molar-refractivity contribution is 6.06. The van der Waals surface area contributed by atoms with Gasteiger partial charge in [-0.1, -0.05) is 19.1 Å². The highest BCUT2D eigenvalue weighted by atomic mass is 16.5. The van der Waals surface area contributed by atoms with Crippen LogP contribution in [0.2, 0.25) is 0 Å². The molecular formula is C23H26N2O4. The number of nitrogens with zero attached hydrogens (tertiary/aromatic N) is 1. The van der Waals surface area contributed by atoms with E-state index in [0.717, 1.165) is 12.1 Å². The zero-order valence-corrected chi connectivity index (χ0v) is 16.8. The van der Waals surface area contributed by atoms with Crippen molar-refractivity contribution in [3.8, 4) is 11.5 Å². The largest absolute Gasteiger partial charge is 0.496 e. The van der Waals surface area contributed by atoms with E-state index in [-0.39, 0.29) is 11.8 Å². The quantitative estimate of drug-likeness (QED) is 0.808. The first-order valence-electron chi connectivity index (χ1n) is 10.1. The number of amides is 2. The molecule has 1 saturated carbocycles. The highest BCUT2D eigenvalue weighted by Crippen LogP contribution is 2.34. The fraction of sp³-hybridized carbons (Fsp3) is 0.391. The molecule has 1 aliphatic heterocycles. The number of rotatable bonds is 6. The lowest BCUT2D eigenvalue weighted by molar-refractivity contribution is -0.138. The molecule has 1 fully saturated rings. The third-order valence-electron chi connectivity index (χ3n) is 5.43. The van der Waals surface area contributed by atoms with E-state index in [1.165, 1.54) is 12.8 Å². The highest BCUT2D eigenvalue weighted by Gasteiger charge is 2.33. The van der Waals surface area contributed by atoms with Gasteiger partial charge in [0.15, 0.2) is 6.10 Å². The monoisotopic (exact) mass is 394 g/mol. The van der Waals surface area contributed by atoms with Gasteiger partial charge in [0.1, 0.15) is 11.5 Å². The molecule has 0 aromatic heterocycles. The van der Waals surface area contributed by atoms with Crippen LogP contribution >= 0.6 is 0 Å². The molecule has 2 aromatic rings. The van der Waals surface area contributed by atoms with Gasteiger partial charge in [-0.3, -0.25) is 9.59 Å². The Bertz CT molecular complexity index is 923. The minimum absolute atomic E-state index is 0.0511. The van der Waals surface area contributed by atoms with Crippen LogP contribution in [0.15, 0.2) is 42.5 Å². The summed E-state index contributed by atoms with van der Waals surface area (Å²) in [6.07, 6.45) is 2.54. The number of carbonyl (C=O) groups excluding carboxylic acids is 2. The minimum Gasteiger partial charge on any atom is -0.496 e. The Morgan fingerprint density at radius 1 is 1.24 bits per heavy atom. The summed E-state index contributed by atoms with van der Waals surface area (Å²) in [6, 6.07) is 12.6. The van der Waals surface area contributed by atoms with Gasteiger partial charge in [0, 0.05) is 24.3 Å². The standard InChI is InChI=1S/C23H26N2O4/c1-3-19-23(27)25(13-15-8-9-15)14-16-12-17(10-11-20(16)29-19)24-22(26)18-6-4-5-7-21(18)28-2/h4-7,10-12,15,19H,3,8-9,13-14H2,1-2H3,(H,24,26). The van der Waals surface area contributed by atoms with E-state index in [9.17, 15) is 9.59 Å². The van der Waals surface area contributed by atoms with Gasteiger partial charge in [-0.05, 0) is 55.5 Å². The van der Waals surface area contributed by atoms with E-state index < -0.39 is 6.10 Å². The number of carbonyl (C=O) groups is 2. The molecule has 0 radical (unpaired) electrons. The van der Waals surface area contributed by atoms with Crippen molar-refractivity contribution < 1.29 is 19.1 Å². The Morgan fingerprint density at radius 2 is 2.03 bits per heavy atom. The number of nitrogens with one attached hydrogen (secondary N) is 1. The number of hydrogen-bond donors (Lipinski definition) is 1. The predicted octanol–water partition coefficient (Wildman–Crippen LogP) is 3.86. The Balaban J connectivity index is 1.57. The van der Waals surface area contributed by atoms with E-state index in [1.54, 1.807) is 31.4 Å². The van der Waals surface area contributed by atoms with E-state index in [1.807, 2.05) is 30.0 Å². The van der Waals surface area contributed by atoms with Crippen molar-refractivity contribution in [1.29, 1.82) is 0 Å². The molecule has 2 aromatic carbocycles. The average molecular weight is 394 g/mol. The number of hydrogen-bond acceptors (Lipinski definition) is 4. The lowest BCUT2D eigenvalue weighted by atomic mass is 10.1. The van der Waals surface area contributed by atoms with Crippen LogP contribution in [-0.2, 0) is 11.3 Å². The summed E-state index contributed by atoms with van der Waals surface area (Å²) in [7, 11) is 1.54. The Morgan fingerprint density at radius 3 is 2.76 bits per heavy atom. The molecule has 1 atom stereocenters. The Hall–Kier alpha value is -3.02. The summed E-state index contributed by atoms with van der Waals surface area (Å²) in [5.41, 5.74) is 2.04. The van der Waals surface area contributed by atoms with Crippen LogP contribution in [0.3, 0.4) is 0 Å². The summed E-state index contributed by atoms with van der Waals surface area (Å²) in [5, 5.41) is 2.93. The van der Waals surface area contributed by atoms with Gasteiger partial charge in [0.05, 0.1) is 12.7 Å². The number of para-hydroxylation sites is 1. The molecule has 0 bridgehead atoms. The van der Waals surface area contributed by atoms with Gasteiger partial charge in [-0.2, -0.15) is 0 Å². The first-order chi connectivity index (χ1) is 14.1. The summed E-state index contributed by atoms with van der Waals surface area (Å²) >= 11 is 0. The van der Waals surface area contributed by atoms with Crippen LogP contribution in [0.5, 0.6) is 11.5 Å². The zero-order valence-electron chi connectivity index (χ0n) is 16.8. The maximum absolute atomic E-state index is 12.8. The Kier molecular flexibility index (Phi) is 5.43. The molecule has 4 rings (SSSR count). The van der Waals surface area contributed by atoms with Crippen LogP contribution in [-0.4, -0.2) is 36.5 Å². The van der Waals surface area contributed by atoms with E-state index in [2.05, 4.69) is 5.32 Å². The lowest BCUT2D eigenvalue weighted by Crippen LogP contribution is -2.40. The third kappa shape index (κ3) is 4.21. The van der Waals surface area contributed by atoms with Gasteiger partial charge < -0.3 is 19.7 Å². The van der Waals surface area contributed by atoms with Crippen LogP contribution in [0.1, 0.15) is 42.1 Å². The first kappa shape index (κ1) is 19.3. The SMILES string of the molecule is CCC1Oc2ccc(NC(=O)c3ccccc3OC)cc2CN(CC2CC2)C1=O. The zero-order chi connectivity index (χ0) is 20.4. The third-order valence-corrected chi connectivity index (χ3v) is 5.43. The number of fused-ring (bicyclic) bond motifs is 1. The molecule has 29 heavy (non-hydrogen) atoms. The molecule has 0 saturated heterocycles. The summed E-state index contributed by atoms with van der Waals surface area (Å²) in [5.74, 6) is 1.64. The van der Waals surface area contributed by atoms with Crippen molar-refractivity contribution >= 4 is 17.5 Å². The van der Waals surface area contributed by atoms with E-state index in [4.69, 9.17) is 9.47 Å². The molecule has 0 spiro atoms. The second-order valence-corrected chi connectivity index (χ2v) is 7.65. The smallest absolute Gasteiger partial charge is 0.263 e. The van der Waals surface area contributed by atoms with Crippen molar-refractivity contribution in [2.75, 3.05) is 19.0 Å². The van der Waals surface area contributed by atoms with Gasteiger partial charge in [0.25, 0.3) is 11.8 Å². The second-order valence-electron chi connectivity index (χ2n) is 7.65. The maximum Gasteiger partial charge on any atom is 0.263 e. The van der Waals surface area contributed by atoms with E-state index in [0.29, 0.717) is 41.6 Å². The topological polar surface area (TPSA) is 67.9 Å². The molecule has 2 amide bonds. The second kappa shape index (κ2) is 8.15. The molecule has 6 heteroatoms. The van der Waals surface area contributed by atoms with Gasteiger partial charge >= 0.3 is 0 Å².